The van der Waals surface area contributed by atoms with Crippen LogP contribution >= 0.6 is 0 Å². The van der Waals surface area contributed by atoms with Crippen LogP contribution in [0.2, 0.25) is 0 Å². The molecule has 0 aromatic heterocycles. The van der Waals surface area contributed by atoms with E-state index < -0.39 is 60.2 Å². The fraction of sp³-hybridized carbons (Fsp3) is 0.561. The number of benzene rings is 3. The van der Waals surface area contributed by atoms with Crippen molar-refractivity contribution >= 4 is 41.4 Å². The van der Waals surface area contributed by atoms with E-state index in [4.69, 9.17) is 64.9 Å². The number of likely N-dealkylation sites (N-methyl/N-ethyl adjacent to an activating group) is 2. The van der Waals surface area contributed by atoms with Gasteiger partial charge in [-0.2, -0.15) is 0 Å². The first kappa shape index (κ1) is 73.2. The minimum Gasteiger partial charge on any atom is -0.493 e. The van der Waals surface area contributed by atoms with Gasteiger partial charge >= 0.3 is 29.8 Å². The van der Waals surface area contributed by atoms with Gasteiger partial charge in [0, 0.05) is 46.9 Å². The number of methoxy groups -OCH3 is 2. The Morgan fingerprint density at radius 1 is 0.560 bits per heavy atom. The van der Waals surface area contributed by atoms with Crippen LogP contribution in [0.4, 0.5) is 0 Å². The van der Waals surface area contributed by atoms with Gasteiger partial charge in [0.25, 0.3) is 0 Å². The summed E-state index contributed by atoms with van der Waals surface area (Å²) in [7, 11) is 7.82. The van der Waals surface area contributed by atoms with Gasteiger partial charge in [-0.15, -0.1) is 0 Å². The SMILES string of the molecule is CC(C)Cc1ccc(C(C)C(=O)O)cc1.COc1ccc2c3c1O[C@H]1C(=O)CC[C@H]4[C@@H](C2)N(C)CC[C@]314.COc1ccc2c3c1O[C@H]1C(=O)CC[C@H]4[C@@H](C2)N(C)CC[C@]314.O.O.O.O.O.O=C(O)[C@H](O)[C@@H](O)C(=O)O.O=C(O)[C@H](O)[C@@H](O)C(=O)O. The minimum atomic E-state index is -2.27. The van der Waals surface area contributed by atoms with Gasteiger partial charge in [0.2, 0.25) is 0 Å². The Hall–Kier alpha value is -6.89. The smallest absolute Gasteiger partial charge is 0.335 e. The number of hydrogen-bond acceptors (Lipinski definition) is 17. The van der Waals surface area contributed by atoms with Crippen molar-refractivity contribution in [2.24, 2.45) is 17.8 Å². The van der Waals surface area contributed by atoms with Gasteiger partial charge in [0.15, 0.2) is 71.2 Å². The molecule has 8 aliphatic rings. The molecular formula is C57H82N2O25. The molecule has 11 rings (SSSR count). The molecular weight excluding hydrogens is 1110 g/mol. The maximum Gasteiger partial charge on any atom is 0.335 e. The summed E-state index contributed by atoms with van der Waals surface area (Å²) in [5.74, 6) is -2.72. The highest BCUT2D eigenvalue weighted by atomic mass is 16.5. The van der Waals surface area contributed by atoms with E-state index in [-0.39, 0.29) is 62.0 Å². The first-order valence-corrected chi connectivity index (χ1v) is 26.4. The van der Waals surface area contributed by atoms with Crippen molar-refractivity contribution in [2.45, 2.75) is 144 Å². The third-order valence-corrected chi connectivity index (χ3v) is 17.3. The van der Waals surface area contributed by atoms with E-state index >= 15 is 0 Å². The van der Waals surface area contributed by atoms with Crippen molar-refractivity contribution in [1.82, 2.24) is 9.80 Å². The maximum absolute atomic E-state index is 12.6. The van der Waals surface area contributed by atoms with Crippen LogP contribution in [-0.2, 0) is 63.7 Å². The third kappa shape index (κ3) is 13.5. The standard InChI is InChI=1S/2C18H21NO3.C13H18O2.2C4H6O6.5H2O/c2*1-19-8-7-18-11-4-5-13(20)17(18)22-16-14(21-2)6-3-10(15(16)18)9-12(11)19;1-9(2)8-11-4-6-12(7-5-11)10(3)13(14)15;2*5-1(3(7)8)2(6)4(9)10;;;;;/h2*3,6,11-12,17H,4-5,7-9H2,1-2H3;4-7,9-10H,8H2,1-3H3,(H,14,15);2*1-2,5-6H,(H,7,8)(H,9,10);5*1H2/t2*11-,12+,17-,18-;;2*1-,2-;;;;;/m00.11...../s1. The van der Waals surface area contributed by atoms with Crippen molar-refractivity contribution in [2.75, 3.05) is 41.4 Å². The molecule has 3 aromatic rings. The maximum atomic E-state index is 12.6. The van der Waals surface area contributed by atoms with E-state index in [0.29, 0.717) is 42.7 Å². The van der Waals surface area contributed by atoms with E-state index in [9.17, 15) is 33.6 Å². The average molecular weight is 1200 g/mol. The number of ether oxygens (including phenoxy) is 4. The molecule has 27 heteroatoms. The summed E-state index contributed by atoms with van der Waals surface area (Å²) in [6, 6.07) is 17.3. The first-order valence-electron chi connectivity index (χ1n) is 26.4. The van der Waals surface area contributed by atoms with E-state index in [1.165, 1.54) is 27.8 Å². The Bertz CT molecular complexity index is 2640. The van der Waals surface area contributed by atoms with Crippen LogP contribution in [0.5, 0.6) is 23.0 Å². The molecule has 2 saturated heterocycles. The zero-order valence-corrected chi connectivity index (χ0v) is 47.7. The molecule has 4 fully saturated rings. The molecule has 4 aliphatic carbocycles. The highest BCUT2D eigenvalue weighted by Crippen LogP contribution is 2.64. The summed E-state index contributed by atoms with van der Waals surface area (Å²) in [5, 5.41) is 73.9. The summed E-state index contributed by atoms with van der Waals surface area (Å²) in [5.41, 5.74) is 7.29. The van der Waals surface area contributed by atoms with Gasteiger partial charge in [-0.25, -0.2) is 19.2 Å². The molecule has 4 bridgehead atoms. The Kier molecular flexibility index (Phi) is 25.5. The molecule has 2 saturated carbocycles. The van der Waals surface area contributed by atoms with Crippen LogP contribution in [0.15, 0.2) is 48.5 Å². The van der Waals surface area contributed by atoms with E-state index in [1.54, 1.807) is 21.1 Å². The predicted molar refractivity (Wildman–Crippen MR) is 297 cm³/mol. The molecule has 4 aliphatic heterocycles. The normalized spacial score (nSPS) is 26.2. The van der Waals surface area contributed by atoms with Gasteiger partial charge in [0.05, 0.1) is 20.1 Å². The number of nitrogens with zero attached hydrogens (tertiary/aromatic N) is 2. The number of aliphatic hydroxyl groups is 4. The number of carboxylic acid groups (broad SMARTS) is 5. The summed E-state index contributed by atoms with van der Waals surface area (Å²) >= 11 is 0. The Morgan fingerprint density at radius 3 is 1.20 bits per heavy atom. The fourth-order valence-electron chi connectivity index (χ4n) is 13.4. The van der Waals surface area contributed by atoms with Crippen LogP contribution in [0.3, 0.4) is 0 Å². The molecule has 1 unspecified atom stereocenters. The molecule has 470 valence electrons. The zero-order valence-electron chi connectivity index (χ0n) is 47.7. The zero-order chi connectivity index (χ0) is 58.2. The number of likely N-dealkylation sites (tertiary alicyclic amines) is 2. The number of carbonyl (C=O) groups is 7. The van der Waals surface area contributed by atoms with Crippen LogP contribution < -0.4 is 18.9 Å². The molecule has 19 N–H and O–H groups in total. The second kappa shape index (κ2) is 29.3. The summed E-state index contributed by atoms with van der Waals surface area (Å²) in [6.45, 7) is 8.15. The topological polar surface area (TPSA) is 502 Å². The average Bonchev–Trinajstić information content (AvgIpc) is 1.54. The largest absolute Gasteiger partial charge is 0.493 e. The van der Waals surface area contributed by atoms with E-state index in [1.807, 2.05) is 36.4 Å². The monoisotopic (exact) mass is 1190 g/mol. The van der Waals surface area contributed by atoms with Crippen molar-refractivity contribution in [3.63, 3.8) is 0 Å². The number of aliphatic hydroxyl groups excluding tert-OH is 4. The van der Waals surface area contributed by atoms with Crippen molar-refractivity contribution in [3.8, 4) is 23.0 Å². The van der Waals surface area contributed by atoms with Gasteiger partial charge in [0.1, 0.15) is 0 Å². The quantitative estimate of drug-likeness (QED) is 0.100. The minimum absolute atomic E-state index is 0. The molecule has 3 aromatic carbocycles. The number of hydrogen-bond donors (Lipinski definition) is 9. The molecule has 27 nitrogen and oxygen atoms in total. The number of Topliss-reactive ketones (excluding diaryl/α,β-unsaturated/α-hetero) is 2. The van der Waals surface area contributed by atoms with Crippen LogP contribution in [0.25, 0.3) is 0 Å². The lowest BCUT2D eigenvalue weighted by atomic mass is 9.52. The predicted octanol–water partition coefficient (Wildman–Crippen LogP) is -1.43. The van der Waals surface area contributed by atoms with Crippen molar-refractivity contribution in [3.05, 3.63) is 81.9 Å². The number of carbonyl (C=O) groups excluding carboxylic acids is 2. The van der Waals surface area contributed by atoms with Crippen molar-refractivity contribution in [1.29, 1.82) is 0 Å². The summed E-state index contributed by atoms with van der Waals surface area (Å²) < 4.78 is 23.6. The Labute approximate surface area is 483 Å². The van der Waals surface area contributed by atoms with Crippen LogP contribution in [0.1, 0.15) is 98.6 Å². The molecule has 2 spiro atoms. The lowest BCUT2D eigenvalue weighted by Gasteiger charge is -2.57. The van der Waals surface area contributed by atoms with Crippen LogP contribution in [-0.4, -0.2) is 215 Å². The summed E-state index contributed by atoms with van der Waals surface area (Å²) in [4.78, 5) is 80.1. The second-order valence-corrected chi connectivity index (χ2v) is 22.1. The molecule has 13 atom stereocenters. The van der Waals surface area contributed by atoms with Crippen LogP contribution in [0, 0.1) is 17.8 Å². The highest BCUT2D eigenvalue weighted by molar-refractivity contribution is 5.90. The summed E-state index contributed by atoms with van der Waals surface area (Å²) in [6.07, 6.45) is -1.08. The number of ketones is 2. The fourth-order valence-corrected chi connectivity index (χ4v) is 13.4. The number of piperidine rings is 2. The molecule has 0 amide bonds. The third-order valence-electron chi connectivity index (χ3n) is 17.3. The Morgan fingerprint density at radius 2 is 0.905 bits per heavy atom. The second-order valence-electron chi connectivity index (χ2n) is 22.1. The Balaban J connectivity index is 0.000000368. The lowest BCUT2D eigenvalue weighted by Crippen LogP contribution is -2.65. The number of carboxylic acids is 5. The number of rotatable bonds is 12. The van der Waals surface area contributed by atoms with Crippen molar-refractivity contribution < 1.29 is 126 Å². The molecule has 4 heterocycles. The van der Waals surface area contributed by atoms with Gasteiger partial charge in [-0.3, -0.25) is 14.4 Å². The van der Waals surface area contributed by atoms with Gasteiger partial charge in [-0.1, -0.05) is 50.2 Å². The van der Waals surface area contributed by atoms with E-state index in [2.05, 4.69) is 49.9 Å². The highest BCUT2D eigenvalue weighted by Gasteiger charge is 2.67. The molecule has 0 radical (unpaired) electrons. The van der Waals surface area contributed by atoms with E-state index in [0.717, 1.165) is 86.6 Å². The lowest BCUT2D eigenvalue weighted by molar-refractivity contribution is -0.165. The first-order chi connectivity index (χ1) is 37.3. The van der Waals surface area contributed by atoms with Gasteiger partial charge in [-0.05, 0) is 131 Å². The molecule has 84 heavy (non-hydrogen) atoms. The van der Waals surface area contributed by atoms with Gasteiger partial charge < -0.3 is 102 Å². The number of aliphatic carboxylic acids is 5.